The average molecular weight is 316 g/mol. The third-order valence-corrected chi connectivity index (χ3v) is 3.37. The van der Waals surface area contributed by atoms with Crippen molar-refractivity contribution in [3.8, 4) is 0 Å². The first-order valence-corrected chi connectivity index (χ1v) is 7.67. The maximum absolute atomic E-state index is 12.2. The van der Waals surface area contributed by atoms with Crippen molar-refractivity contribution in [3.05, 3.63) is 41.6 Å². The molecule has 1 aliphatic heterocycles. The number of hydrogen-bond donors (Lipinski definition) is 1. The summed E-state index contributed by atoms with van der Waals surface area (Å²) in [4.78, 5) is 36.7. The van der Waals surface area contributed by atoms with Crippen molar-refractivity contribution in [2.45, 2.75) is 26.2 Å². The highest BCUT2D eigenvalue weighted by atomic mass is 16.5. The Morgan fingerprint density at radius 3 is 2.70 bits per heavy atom. The van der Waals surface area contributed by atoms with E-state index in [4.69, 9.17) is 4.74 Å². The molecule has 0 aromatic heterocycles. The molecule has 1 saturated heterocycles. The third-order valence-electron chi connectivity index (χ3n) is 3.37. The Bertz CT molecular complexity index is 610. The minimum absolute atomic E-state index is 0.00148. The van der Waals surface area contributed by atoms with Crippen LogP contribution < -0.4 is 5.32 Å². The zero-order valence-corrected chi connectivity index (χ0v) is 13.1. The Labute approximate surface area is 135 Å². The molecule has 0 radical (unpaired) electrons. The smallest absolute Gasteiger partial charge is 0.329 e. The third kappa shape index (κ3) is 4.67. The van der Waals surface area contributed by atoms with Gasteiger partial charge in [-0.1, -0.05) is 43.7 Å². The minimum Gasteiger partial charge on any atom is -0.466 e. The number of unbranched alkanes of at least 4 members (excludes halogenated alkanes) is 1. The topological polar surface area (TPSA) is 75.7 Å². The molecule has 23 heavy (non-hydrogen) atoms. The van der Waals surface area contributed by atoms with Crippen molar-refractivity contribution in [2.24, 2.45) is 0 Å². The van der Waals surface area contributed by atoms with Gasteiger partial charge in [0.15, 0.2) is 0 Å². The predicted molar refractivity (Wildman–Crippen MR) is 85.1 cm³/mol. The van der Waals surface area contributed by atoms with Crippen molar-refractivity contribution >= 4 is 24.0 Å². The summed E-state index contributed by atoms with van der Waals surface area (Å²) in [6, 6.07) is 8.71. The lowest BCUT2D eigenvalue weighted by Crippen LogP contribution is -2.33. The molecule has 1 aliphatic rings. The molecular weight excluding hydrogens is 296 g/mol. The van der Waals surface area contributed by atoms with Gasteiger partial charge in [0.05, 0.1) is 13.0 Å². The van der Waals surface area contributed by atoms with E-state index in [1.54, 1.807) is 6.08 Å². The molecule has 0 unspecified atom stereocenters. The van der Waals surface area contributed by atoms with Gasteiger partial charge in [-0.05, 0) is 18.1 Å². The molecule has 122 valence electrons. The van der Waals surface area contributed by atoms with E-state index < -0.39 is 17.9 Å². The molecule has 1 aromatic carbocycles. The summed E-state index contributed by atoms with van der Waals surface area (Å²) in [7, 11) is 0. The van der Waals surface area contributed by atoms with Gasteiger partial charge in [0.25, 0.3) is 5.91 Å². The van der Waals surface area contributed by atoms with E-state index in [2.05, 4.69) is 5.32 Å². The van der Waals surface area contributed by atoms with E-state index in [0.717, 1.165) is 23.3 Å². The van der Waals surface area contributed by atoms with Crippen molar-refractivity contribution < 1.29 is 19.1 Å². The van der Waals surface area contributed by atoms with Crippen molar-refractivity contribution in [3.63, 3.8) is 0 Å². The molecule has 0 atom stereocenters. The van der Waals surface area contributed by atoms with Crippen LogP contribution in [0.4, 0.5) is 4.79 Å². The molecule has 1 aromatic rings. The van der Waals surface area contributed by atoms with E-state index >= 15 is 0 Å². The number of ether oxygens (including phenoxy) is 1. The van der Waals surface area contributed by atoms with Crippen LogP contribution >= 0.6 is 0 Å². The summed E-state index contributed by atoms with van der Waals surface area (Å²) in [5.41, 5.74) is 1.03. The molecule has 2 rings (SSSR count). The zero-order chi connectivity index (χ0) is 16.7. The van der Waals surface area contributed by atoms with E-state index in [9.17, 15) is 14.4 Å². The SMILES string of the molecule is CCCCOC(=O)CCN1C(=O)N/C(=C/c2ccccc2)C1=O. The number of carbonyl (C=O) groups is 3. The molecule has 6 nitrogen and oxygen atoms in total. The van der Waals surface area contributed by atoms with E-state index in [1.807, 2.05) is 37.3 Å². The van der Waals surface area contributed by atoms with Crippen molar-refractivity contribution in [1.29, 1.82) is 0 Å². The Morgan fingerprint density at radius 2 is 2.00 bits per heavy atom. The lowest BCUT2D eigenvalue weighted by molar-refractivity contribution is -0.144. The molecule has 3 amide bonds. The number of carbonyl (C=O) groups excluding carboxylic acids is 3. The number of nitrogens with zero attached hydrogens (tertiary/aromatic N) is 1. The second-order valence-corrected chi connectivity index (χ2v) is 5.18. The van der Waals surface area contributed by atoms with Crippen LogP contribution in [-0.4, -0.2) is 36.0 Å². The number of esters is 1. The highest BCUT2D eigenvalue weighted by molar-refractivity contribution is 6.14. The van der Waals surface area contributed by atoms with E-state index in [1.165, 1.54) is 0 Å². The largest absolute Gasteiger partial charge is 0.466 e. The van der Waals surface area contributed by atoms with Crippen molar-refractivity contribution in [2.75, 3.05) is 13.2 Å². The molecule has 1 N–H and O–H groups in total. The van der Waals surface area contributed by atoms with Gasteiger partial charge in [-0.25, -0.2) is 4.79 Å². The number of benzene rings is 1. The summed E-state index contributed by atoms with van der Waals surface area (Å²) < 4.78 is 5.01. The van der Waals surface area contributed by atoms with Gasteiger partial charge in [-0.15, -0.1) is 0 Å². The minimum atomic E-state index is -0.515. The Kier molecular flexibility index (Phi) is 5.91. The molecular formula is C17H20N2O4. The summed E-state index contributed by atoms with van der Waals surface area (Å²) in [6.45, 7) is 2.39. The number of urea groups is 1. The summed E-state index contributed by atoms with van der Waals surface area (Å²) in [5.74, 6) is -0.834. The first-order valence-electron chi connectivity index (χ1n) is 7.67. The first-order chi connectivity index (χ1) is 11.1. The number of hydrogen-bond acceptors (Lipinski definition) is 4. The number of imide groups is 1. The van der Waals surface area contributed by atoms with Gasteiger partial charge < -0.3 is 10.1 Å². The highest BCUT2D eigenvalue weighted by Crippen LogP contribution is 2.14. The van der Waals surface area contributed by atoms with Crippen molar-refractivity contribution in [1.82, 2.24) is 10.2 Å². The molecule has 0 aliphatic carbocycles. The molecule has 0 saturated carbocycles. The average Bonchev–Trinajstić information content (AvgIpc) is 2.80. The fourth-order valence-corrected chi connectivity index (χ4v) is 2.10. The predicted octanol–water partition coefficient (Wildman–Crippen LogP) is 2.31. The van der Waals surface area contributed by atoms with E-state index in [-0.39, 0.29) is 18.7 Å². The van der Waals surface area contributed by atoms with Crippen LogP contribution in [0, 0.1) is 0 Å². The molecule has 1 fully saturated rings. The zero-order valence-electron chi connectivity index (χ0n) is 13.1. The van der Waals surface area contributed by atoms with Crippen LogP contribution in [-0.2, 0) is 14.3 Å². The van der Waals surface area contributed by atoms with Crippen LogP contribution in [0.2, 0.25) is 0 Å². The van der Waals surface area contributed by atoms with Gasteiger partial charge in [0, 0.05) is 6.54 Å². The Balaban J connectivity index is 1.91. The van der Waals surface area contributed by atoms with Crippen LogP contribution in [0.5, 0.6) is 0 Å². The maximum atomic E-state index is 12.2. The number of nitrogens with one attached hydrogen (secondary N) is 1. The normalized spacial score (nSPS) is 15.9. The standard InChI is InChI=1S/C17H20N2O4/c1-2-3-11-23-15(20)9-10-19-16(21)14(18-17(19)22)12-13-7-5-4-6-8-13/h4-8,12H,2-3,9-11H2,1H3,(H,18,22)/b14-12+. The van der Waals surface area contributed by atoms with Crippen LogP contribution in [0.15, 0.2) is 36.0 Å². The lowest BCUT2D eigenvalue weighted by Gasteiger charge is -2.11. The Morgan fingerprint density at radius 1 is 1.26 bits per heavy atom. The highest BCUT2D eigenvalue weighted by Gasteiger charge is 2.33. The monoisotopic (exact) mass is 316 g/mol. The molecule has 1 heterocycles. The van der Waals surface area contributed by atoms with Gasteiger partial charge in [-0.2, -0.15) is 0 Å². The van der Waals surface area contributed by atoms with Gasteiger partial charge in [-0.3, -0.25) is 14.5 Å². The van der Waals surface area contributed by atoms with Crippen LogP contribution in [0.1, 0.15) is 31.7 Å². The Hall–Kier alpha value is -2.63. The second kappa shape index (κ2) is 8.12. The van der Waals surface area contributed by atoms with Crippen LogP contribution in [0.3, 0.4) is 0 Å². The van der Waals surface area contributed by atoms with Gasteiger partial charge in [0.2, 0.25) is 0 Å². The number of rotatable bonds is 7. The van der Waals surface area contributed by atoms with Crippen LogP contribution in [0.25, 0.3) is 6.08 Å². The van der Waals surface area contributed by atoms with Gasteiger partial charge >= 0.3 is 12.0 Å². The van der Waals surface area contributed by atoms with Gasteiger partial charge in [0.1, 0.15) is 5.70 Å². The molecule has 6 heteroatoms. The summed E-state index contributed by atoms with van der Waals surface area (Å²) in [6.07, 6.45) is 3.36. The quantitative estimate of drug-likeness (QED) is 0.362. The second-order valence-electron chi connectivity index (χ2n) is 5.18. The maximum Gasteiger partial charge on any atom is 0.329 e. The summed E-state index contributed by atoms with van der Waals surface area (Å²) >= 11 is 0. The fourth-order valence-electron chi connectivity index (χ4n) is 2.10. The molecule has 0 bridgehead atoms. The fraction of sp³-hybridized carbons (Fsp3) is 0.353. The number of amides is 3. The summed E-state index contributed by atoms with van der Waals surface area (Å²) in [5, 5.41) is 2.52. The molecule has 0 spiro atoms. The lowest BCUT2D eigenvalue weighted by atomic mass is 10.2. The first kappa shape index (κ1) is 16.7. The van der Waals surface area contributed by atoms with E-state index in [0.29, 0.717) is 6.61 Å².